The van der Waals surface area contributed by atoms with Crippen molar-refractivity contribution in [3.8, 4) is 5.75 Å². The summed E-state index contributed by atoms with van der Waals surface area (Å²) in [6.45, 7) is 4.76. The van der Waals surface area contributed by atoms with E-state index in [1.54, 1.807) is 6.33 Å². The molecule has 22 heavy (non-hydrogen) atoms. The van der Waals surface area contributed by atoms with Gasteiger partial charge in [0.05, 0.1) is 6.33 Å². The van der Waals surface area contributed by atoms with Gasteiger partial charge in [0.15, 0.2) is 0 Å². The molecule has 0 aliphatic carbocycles. The molecule has 0 bridgehead atoms. The zero-order valence-corrected chi connectivity index (χ0v) is 13.0. The first-order valence-electron chi connectivity index (χ1n) is 7.74. The van der Waals surface area contributed by atoms with Crippen LogP contribution in [0.4, 0.5) is 0 Å². The summed E-state index contributed by atoms with van der Waals surface area (Å²) in [6.07, 6.45) is 5.27. The SMILES string of the molecule is Cc1cccc(OC[C@]2(O)CCCN(Cc3cnc[nH]3)C2)c1. The molecule has 2 N–H and O–H groups in total. The monoisotopic (exact) mass is 301 g/mol. The van der Waals surface area contributed by atoms with Crippen molar-refractivity contribution >= 4 is 0 Å². The van der Waals surface area contributed by atoms with Gasteiger partial charge in [0, 0.05) is 25.0 Å². The molecule has 0 radical (unpaired) electrons. The van der Waals surface area contributed by atoms with Gasteiger partial charge in [-0.2, -0.15) is 0 Å². The van der Waals surface area contributed by atoms with Crippen molar-refractivity contribution in [2.24, 2.45) is 0 Å². The molecule has 1 aromatic carbocycles. The molecule has 1 saturated heterocycles. The summed E-state index contributed by atoms with van der Waals surface area (Å²) in [6, 6.07) is 7.94. The van der Waals surface area contributed by atoms with Gasteiger partial charge in [0.25, 0.3) is 0 Å². The number of likely N-dealkylation sites (tertiary alicyclic amines) is 1. The average Bonchev–Trinajstić information content (AvgIpc) is 2.98. The number of hydrogen-bond acceptors (Lipinski definition) is 4. The third-order valence-electron chi connectivity index (χ3n) is 4.08. The molecular formula is C17H23N3O2. The molecule has 0 spiro atoms. The van der Waals surface area contributed by atoms with Gasteiger partial charge in [0.2, 0.25) is 0 Å². The molecule has 3 rings (SSSR count). The van der Waals surface area contributed by atoms with Crippen LogP contribution in [0.1, 0.15) is 24.1 Å². The van der Waals surface area contributed by atoms with Gasteiger partial charge in [-0.1, -0.05) is 12.1 Å². The van der Waals surface area contributed by atoms with Crippen LogP contribution in [0.3, 0.4) is 0 Å². The summed E-state index contributed by atoms with van der Waals surface area (Å²) in [5.74, 6) is 0.819. The second-order valence-electron chi connectivity index (χ2n) is 6.22. The standard InChI is InChI=1S/C17H23N3O2/c1-14-4-2-5-16(8-14)22-12-17(21)6-3-7-20(11-17)10-15-9-18-13-19-15/h2,4-5,8-9,13,21H,3,6-7,10-12H2,1H3,(H,18,19)/t17-/m0/s1. The molecule has 1 atom stereocenters. The molecule has 1 aliphatic heterocycles. The second kappa shape index (κ2) is 6.50. The van der Waals surface area contributed by atoms with E-state index in [1.807, 2.05) is 37.4 Å². The van der Waals surface area contributed by atoms with Crippen LogP contribution in [0.25, 0.3) is 0 Å². The first-order chi connectivity index (χ1) is 10.6. The molecule has 1 fully saturated rings. The lowest BCUT2D eigenvalue weighted by atomic mass is 9.93. The molecule has 0 saturated carbocycles. The minimum atomic E-state index is -0.790. The Bertz CT molecular complexity index is 600. The number of aryl methyl sites for hydroxylation is 1. The van der Waals surface area contributed by atoms with Crippen LogP contribution in [-0.4, -0.2) is 45.3 Å². The van der Waals surface area contributed by atoms with Gasteiger partial charge in [-0.3, -0.25) is 4.90 Å². The van der Waals surface area contributed by atoms with Crippen molar-refractivity contribution in [1.29, 1.82) is 0 Å². The minimum Gasteiger partial charge on any atom is -0.491 e. The van der Waals surface area contributed by atoms with E-state index in [4.69, 9.17) is 4.74 Å². The van der Waals surface area contributed by atoms with E-state index in [0.29, 0.717) is 13.2 Å². The highest BCUT2D eigenvalue weighted by Crippen LogP contribution is 2.24. The summed E-state index contributed by atoms with van der Waals surface area (Å²) >= 11 is 0. The highest BCUT2D eigenvalue weighted by atomic mass is 16.5. The lowest BCUT2D eigenvalue weighted by Crippen LogP contribution is -2.51. The molecule has 1 aliphatic rings. The number of aromatic nitrogens is 2. The Hall–Kier alpha value is -1.85. The van der Waals surface area contributed by atoms with Gasteiger partial charge >= 0.3 is 0 Å². The van der Waals surface area contributed by atoms with E-state index in [2.05, 4.69) is 14.9 Å². The summed E-state index contributed by atoms with van der Waals surface area (Å²) in [4.78, 5) is 9.40. The molecule has 0 amide bonds. The third kappa shape index (κ3) is 3.87. The average molecular weight is 301 g/mol. The number of ether oxygens (including phenoxy) is 1. The molecule has 1 aromatic heterocycles. The second-order valence-corrected chi connectivity index (χ2v) is 6.22. The van der Waals surface area contributed by atoms with E-state index < -0.39 is 5.60 Å². The van der Waals surface area contributed by atoms with E-state index in [-0.39, 0.29) is 0 Å². The maximum Gasteiger partial charge on any atom is 0.119 e. The zero-order valence-electron chi connectivity index (χ0n) is 13.0. The number of rotatable bonds is 5. The Morgan fingerprint density at radius 3 is 3.14 bits per heavy atom. The lowest BCUT2D eigenvalue weighted by molar-refractivity contribution is -0.0623. The van der Waals surface area contributed by atoms with Crippen LogP contribution in [0.15, 0.2) is 36.8 Å². The number of nitrogens with zero attached hydrogens (tertiary/aromatic N) is 2. The fourth-order valence-corrected chi connectivity index (χ4v) is 2.99. The predicted octanol–water partition coefficient (Wildman–Crippen LogP) is 2.12. The molecule has 2 aromatic rings. The fraction of sp³-hybridized carbons (Fsp3) is 0.471. The normalized spacial score (nSPS) is 22.6. The maximum absolute atomic E-state index is 10.8. The summed E-state index contributed by atoms with van der Waals surface area (Å²) in [5, 5.41) is 10.8. The number of β-amino-alcohol motifs (C(OH)–C–C–N with tert-alkyl or cyclic N) is 1. The Kier molecular flexibility index (Phi) is 4.45. The van der Waals surface area contributed by atoms with Crippen molar-refractivity contribution in [1.82, 2.24) is 14.9 Å². The van der Waals surface area contributed by atoms with Crippen molar-refractivity contribution in [2.45, 2.75) is 31.9 Å². The van der Waals surface area contributed by atoms with E-state index in [0.717, 1.165) is 42.9 Å². The number of benzene rings is 1. The number of hydrogen-bond donors (Lipinski definition) is 2. The Morgan fingerprint density at radius 1 is 1.45 bits per heavy atom. The van der Waals surface area contributed by atoms with E-state index in [9.17, 15) is 5.11 Å². The van der Waals surface area contributed by atoms with Crippen molar-refractivity contribution < 1.29 is 9.84 Å². The van der Waals surface area contributed by atoms with Crippen LogP contribution in [0.2, 0.25) is 0 Å². The van der Waals surface area contributed by atoms with E-state index in [1.165, 1.54) is 0 Å². The van der Waals surface area contributed by atoms with Gasteiger partial charge < -0.3 is 14.8 Å². The summed E-state index contributed by atoms with van der Waals surface area (Å²) in [7, 11) is 0. The molecule has 118 valence electrons. The van der Waals surface area contributed by atoms with Crippen molar-refractivity contribution in [3.05, 3.63) is 48.0 Å². The topological polar surface area (TPSA) is 61.4 Å². The largest absolute Gasteiger partial charge is 0.491 e. The minimum absolute atomic E-state index is 0.329. The summed E-state index contributed by atoms with van der Waals surface area (Å²) in [5.41, 5.74) is 1.44. The third-order valence-corrected chi connectivity index (χ3v) is 4.08. The van der Waals surface area contributed by atoms with Crippen LogP contribution in [0.5, 0.6) is 5.75 Å². The van der Waals surface area contributed by atoms with Crippen LogP contribution < -0.4 is 4.74 Å². The first kappa shape index (κ1) is 15.1. The number of H-pyrrole nitrogens is 1. The predicted molar refractivity (Wildman–Crippen MR) is 84.7 cm³/mol. The van der Waals surface area contributed by atoms with Gasteiger partial charge in [-0.05, 0) is 44.0 Å². The molecule has 5 nitrogen and oxygen atoms in total. The Morgan fingerprint density at radius 2 is 2.36 bits per heavy atom. The lowest BCUT2D eigenvalue weighted by Gasteiger charge is -2.38. The van der Waals surface area contributed by atoms with Crippen molar-refractivity contribution in [2.75, 3.05) is 19.7 Å². The first-order valence-corrected chi connectivity index (χ1v) is 7.74. The van der Waals surface area contributed by atoms with E-state index >= 15 is 0 Å². The van der Waals surface area contributed by atoms with Crippen LogP contribution in [0, 0.1) is 6.92 Å². The van der Waals surface area contributed by atoms with Gasteiger partial charge in [0.1, 0.15) is 18.0 Å². The quantitative estimate of drug-likeness (QED) is 0.888. The number of imidazole rings is 1. The maximum atomic E-state index is 10.8. The molecular weight excluding hydrogens is 278 g/mol. The van der Waals surface area contributed by atoms with Crippen LogP contribution in [-0.2, 0) is 6.54 Å². The number of nitrogens with one attached hydrogen (secondary N) is 1. The van der Waals surface area contributed by atoms with Crippen molar-refractivity contribution in [3.63, 3.8) is 0 Å². The zero-order chi connectivity index (χ0) is 15.4. The molecule has 5 heteroatoms. The van der Waals surface area contributed by atoms with Crippen LogP contribution >= 0.6 is 0 Å². The Balaban J connectivity index is 1.57. The number of piperidine rings is 1. The smallest absolute Gasteiger partial charge is 0.119 e. The summed E-state index contributed by atoms with van der Waals surface area (Å²) < 4.78 is 5.82. The highest BCUT2D eigenvalue weighted by Gasteiger charge is 2.34. The Labute approximate surface area is 130 Å². The highest BCUT2D eigenvalue weighted by molar-refractivity contribution is 5.27. The molecule has 2 heterocycles. The number of aromatic amines is 1. The van der Waals surface area contributed by atoms with Gasteiger partial charge in [-0.25, -0.2) is 4.98 Å². The molecule has 0 unspecified atom stereocenters. The van der Waals surface area contributed by atoms with Gasteiger partial charge in [-0.15, -0.1) is 0 Å². The fourth-order valence-electron chi connectivity index (χ4n) is 2.99. The number of aliphatic hydroxyl groups is 1.